The quantitative estimate of drug-likeness (QED) is 0.744. The van der Waals surface area contributed by atoms with Crippen LogP contribution in [0.4, 0.5) is 4.79 Å². The van der Waals surface area contributed by atoms with E-state index in [2.05, 4.69) is 18.5 Å². The molecule has 4 bridgehead atoms. The van der Waals surface area contributed by atoms with Crippen LogP contribution in [-0.4, -0.2) is 30.6 Å². The van der Waals surface area contributed by atoms with Gasteiger partial charge < -0.3 is 10.2 Å². The molecule has 0 spiro atoms. The van der Waals surface area contributed by atoms with E-state index in [0.29, 0.717) is 18.5 Å². The van der Waals surface area contributed by atoms with Crippen molar-refractivity contribution in [1.82, 2.24) is 10.2 Å². The number of rotatable bonds is 6. The Morgan fingerprint density at radius 2 is 1.52 bits per heavy atom. The van der Waals surface area contributed by atoms with Gasteiger partial charge in [0.1, 0.15) is 0 Å². The molecule has 0 heterocycles. The maximum Gasteiger partial charge on any atom is 0.317 e. The van der Waals surface area contributed by atoms with Gasteiger partial charge in [0, 0.05) is 19.6 Å². The molecule has 0 aliphatic heterocycles. The summed E-state index contributed by atoms with van der Waals surface area (Å²) in [6, 6.07) is 0.0329. The summed E-state index contributed by atoms with van der Waals surface area (Å²) < 4.78 is 0. The fourth-order valence-corrected chi connectivity index (χ4v) is 5.43. The molecule has 21 heavy (non-hydrogen) atoms. The third-order valence-corrected chi connectivity index (χ3v) is 5.77. The molecule has 4 fully saturated rings. The Morgan fingerprint density at radius 3 is 1.95 bits per heavy atom. The molecule has 0 saturated heterocycles. The van der Waals surface area contributed by atoms with Crippen LogP contribution in [0.15, 0.2) is 25.3 Å². The van der Waals surface area contributed by atoms with E-state index in [1.807, 2.05) is 0 Å². The van der Waals surface area contributed by atoms with E-state index >= 15 is 0 Å². The Morgan fingerprint density at radius 1 is 1.05 bits per heavy atom. The molecule has 1 N–H and O–H groups in total. The number of amides is 2. The van der Waals surface area contributed by atoms with Crippen LogP contribution in [0.5, 0.6) is 0 Å². The van der Waals surface area contributed by atoms with Crippen molar-refractivity contribution in [1.29, 1.82) is 0 Å². The minimum atomic E-state index is 0.0329. The van der Waals surface area contributed by atoms with Crippen LogP contribution in [-0.2, 0) is 0 Å². The minimum absolute atomic E-state index is 0.0329. The molecule has 0 atom stereocenters. The summed E-state index contributed by atoms with van der Waals surface area (Å²) in [7, 11) is 0. The molecule has 4 saturated carbocycles. The van der Waals surface area contributed by atoms with Gasteiger partial charge in [0.25, 0.3) is 0 Å². The summed E-state index contributed by atoms with van der Waals surface area (Å²) in [5, 5.41) is 3.20. The van der Waals surface area contributed by atoms with Gasteiger partial charge >= 0.3 is 6.03 Å². The van der Waals surface area contributed by atoms with Crippen molar-refractivity contribution < 1.29 is 4.79 Å². The lowest BCUT2D eigenvalue weighted by Gasteiger charge is -2.57. The first-order valence-corrected chi connectivity index (χ1v) is 8.39. The molecule has 4 aliphatic rings. The van der Waals surface area contributed by atoms with Gasteiger partial charge in [0.05, 0.1) is 0 Å². The second kappa shape index (κ2) is 5.86. The van der Waals surface area contributed by atoms with Crippen molar-refractivity contribution in [3.8, 4) is 0 Å². The molecular weight excluding hydrogens is 260 g/mol. The third-order valence-electron chi connectivity index (χ3n) is 5.77. The average Bonchev–Trinajstić information content (AvgIpc) is 2.43. The van der Waals surface area contributed by atoms with Gasteiger partial charge in [0.15, 0.2) is 0 Å². The zero-order valence-corrected chi connectivity index (χ0v) is 13.0. The highest BCUT2D eigenvalue weighted by Gasteiger charge is 2.50. The molecule has 3 heteroatoms. The maximum absolute atomic E-state index is 12.3. The van der Waals surface area contributed by atoms with Crippen molar-refractivity contribution in [2.45, 2.75) is 38.5 Å². The lowest BCUT2D eigenvalue weighted by molar-refractivity contribution is -0.0501. The van der Waals surface area contributed by atoms with E-state index in [1.54, 1.807) is 17.1 Å². The highest BCUT2D eigenvalue weighted by Crippen LogP contribution is 2.59. The average molecular weight is 288 g/mol. The van der Waals surface area contributed by atoms with E-state index in [0.717, 1.165) is 24.3 Å². The Balaban J connectivity index is 1.58. The molecule has 0 aromatic rings. The number of nitrogens with one attached hydrogen (secondary N) is 1. The smallest absolute Gasteiger partial charge is 0.317 e. The number of carbonyl (C=O) groups is 1. The first-order chi connectivity index (χ1) is 10.1. The van der Waals surface area contributed by atoms with E-state index in [4.69, 9.17) is 0 Å². The molecule has 0 radical (unpaired) electrons. The Hall–Kier alpha value is -1.25. The fourth-order valence-electron chi connectivity index (χ4n) is 5.43. The maximum atomic E-state index is 12.3. The highest BCUT2D eigenvalue weighted by molar-refractivity contribution is 5.74. The predicted molar refractivity (Wildman–Crippen MR) is 86.0 cm³/mol. The van der Waals surface area contributed by atoms with Crippen LogP contribution in [0.25, 0.3) is 0 Å². The van der Waals surface area contributed by atoms with Gasteiger partial charge in [-0.05, 0) is 61.7 Å². The van der Waals surface area contributed by atoms with E-state index in [1.165, 1.54) is 38.5 Å². The number of nitrogens with zero attached hydrogens (tertiary/aromatic N) is 1. The molecule has 3 nitrogen and oxygen atoms in total. The lowest BCUT2D eigenvalue weighted by atomic mass is 9.49. The normalized spacial score (nSPS) is 36.3. The standard InChI is InChI=1S/C18H28N2O/c1-3-5-20(6-4-2)17(21)19-13-18-10-14-7-15(11-18)9-16(8-14)12-18/h3-4,14-16H,1-2,5-13H2,(H,19,21). The SMILES string of the molecule is C=CCN(CC=C)C(=O)NCC12CC3CC(CC(C3)C1)C2. The lowest BCUT2D eigenvalue weighted by Crippen LogP contribution is -2.52. The Bertz CT molecular complexity index is 384. The molecule has 4 aliphatic carbocycles. The van der Waals surface area contributed by atoms with Crippen LogP contribution < -0.4 is 5.32 Å². The number of urea groups is 1. The topological polar surface area (TPSA) is 32.3 Å². The minimum Gasteiger partial charge on any atom is -0.337 e. The zero-order chi connectivity index (χ0) is 14.9. The summed E-state index contributed by atoms with van der Waals surface area (Å²) in [6.07, 6.45) is 11.9. The van der Waals surface area contributed by atoms with Crippen molar-refractivity contribution in [3.63, 3.8) is 0 Å². The van der Waals surface area contributed by atoms with Crippen LogP contribution in [0.2, 0.25) is 0 Å². The monoisotopic (exact) mass is 288 g/mol. The van der Waals surface area contributed by atoms with Crippen LogP contribution in [0.1, 0.15) is 38.5 Å². The largest absolute Gasteiger partial charge is 0.337 e. The number of hydrogen-bond donors (Lipinski definition) is 1. The fraction of sp³-hybridized carbons (Fsp3) is 0.722. The van der Waals surface area contributed by atoms with Crippen LogP contribution in [0.3, 0.4) is 0 Å². The predicted octanol–water partition coefficient (Wildman–Crippen LogP) is 3.59. The molecule has 0 aromatic carbocycles. The number of hydrogen-bond acceptors (Lipinski definition) is 1. The van der Waals surface area contributed by atoms with Crippen molar-refractivity contribution >= 4 is 6.03 Å². The molecule has 0 aromatic heterocycles. The van der Waals surface area contributed by atoms with Crippen LogP contribution >= 0.6 is 0 Å². The Kier molecular flexibility index (Phi) is 4.10. The van der Waals surface area contributed by atoms with Gasteiger partial charge in [0.2, 0.25) is 0 Å². The van der Waals surface area contributed by atoms with Gasteiger partial charge in [-0.25, -0.2) is 4.79 Å². The van der Waals surface area contributed by atoms with Gasteiger partial charge in [-0.3, -0.25) is 0 Å². The zero-order valence-electron chi connectivity index (χ0n) is 13.0. The summed E-state index contributed by atoms with van der Waals surface area (Å²) in [5.41, 5.74) is 0.401. The second-order valence-electron chi connectivity index (χ2n) is 7.56. The second-order valence-corrected chi connectivity index (χ2v) is 7.56. The van der Waals surface area contributed by atoms with Gasteiger partial charge in [-0.2, -0.15) is 0 Å². The molecule has 2 amide bonds. The van der Waals surface area contributed by atoms with Gasteiger partial charge in [-0.15, -0.1) is 13.2 Å². The Labute approximate surface area is 128 Å². The molecule has 4 rings (SSSR count). The van der Waals surface area contributed by atoms with E-state index in [-0.39, 0.29) is 6.03 Å². The highest BCUT2D eigenvalue weighted by atomic mass is 16.2. The van der Waals surface area contributed by atoms with Crippen molar-refractivity contribution in [2.75, 3.05) is 19.6 Å². The van der Waals surface area contributed by atoms with Crippen molar-refractivity contribution in [2.24, 2.45) is 23.2 Å². The first-order valence-electron chi connectivity index (χ1n) is 8.39. The summed E-state index contributed by atoms with van der Waals surface area (Å²) >= 11 is 0. The molecule has 116 valence electrons. The molecular formula is C18H28N2O. The summed E-state index contributed by atoms with van der Waals surface area (Å²) in [6.45, 7) is 9.47. The van der Waals surface area contributed by atoms with Crippen LogP contribution in [0, 0.1) is 23.2 Å². The molecule has 0 unspecified atom stereocenters. The summed E-state index contributed by atoms with van der Waals surface area (Å²) in [5.74, 6) is 2.81. The number of carbonyl (C=O) groups excluding carboxylic acids is 1. The third kappa shape index (κ3) is 3.02. The van der Waals surface area contributed by atoms with Gasteiger partial charge in [-0.1, -0.05) is 12.2 Å². The first kappa shape index (κ1) is 14.7. The summed E-state index contributed by atoms with van der Waals surface area (Å²) in [4.78, 5) is 14.1. The van der Waals surface area contributed by atoms with Crippen molar-refractivity contribution in [3.05, 3.63) is 25.3 Å². The van der Waals surface area contributed by atoms with E-state index < -0.39 is 0 Å². The van der Waals surface area contributed by atoms with E-state index in [9.17, 15) is 4.79 Å².